The Hall–Kier alpha value is -1.55. The van der Waals surface area contributed by atoms with Gasteiger partial charge in [-0.1, -0.05) is 13.0 Å². The number of carbonyl (C=O) groups is 1. The zero-order valence-electron chi connectivity index (χ0n) is 10.2. The third kappa shape index (κ3) is 2.77. The molecule has 1 heterocycles. The highest BCUT2D eigenvalue weighted by Gasteiger charge is 2.17. The summed E-state index contributed by atoms with van der Waals surface area (Å²) in [7, 11) is 0. The van der Waals surface area contributed by atoms with Gasteiger partial charge in [0, 0.05) is 6.04 Å². The lowest BCUT2D eigenvalue weighted by atomic mass is 10.1. The quantitative estimate of drug-likeness (QED) is 0.838. The Morgan fingerprint density at radius 1 is 1.53 bits per heavy atom. The van der Waals surface area contributed by atoms with E-state index in [1.807, 2.05) is 18.2 Å². The molecule has 92 valence electrons. The maximum Gasteiger partial charge on any atom is 0.262 e. The van der Waals surface area contributed by atoms with E-state index in [-0.39, 0.29) is 18.6 Å². The van der Waals surface area contributed by atoms with Crippen LogP contribution in [-0.2, 0) is 4.79 Å². The Labute approximate surface area is 101 Å². The lowest BCUT2D eigenvalue weighted by molar-refractivity contribution is -0.118. The van der Waals surface area contributed by atoms with Crippen LogP contribution in [0.1, 0.15) is 31.9 Å². The van der Waals surface area contributed by atoms with Crippen molar-refractivity contribution in [3.05, 3.63) is 23.8 Å². The maximum absolute atomic E-state index is 11.2. The van der Waals surface area contributed by atoms with Crippen LogP contribution in [0.4, 0.5) is 5.69 Å². The number of fused-ring (bicyclic) bond motifs is 1. The molecular weight excluding hydrogens is 216 g/mol. The molecule has 0 aromatic heterocycles. The van der Waals surface area contributed by atoms with E-state index >= 15 is 0 Å². The Bertz CT molecular complexity index is 418. The minimum atomic E-state index is -0.0937. The van der Waals surface area contributed by atoms with Crippen LogP contribution in [0.25, 0.3) is 0 Å². The summed E-state index contributed by atoms with van der Waals surface area (Å²) in [6.07, 6.45) is 1.11. The highest BCUT2D eigenvalue weighted by atomic mass is 16.5. The molecule has 1 aromatic carbocycles. The van der Waals surface area contributed by atoms with Crippen LogP contribution in [0.3, 0.4) is 0 Å². The van der Waals surface area contributed by atoms with E-state index in [2.05, 4.69) is 24.5 Å². The summed E-state index contributed by atoms with van der Waals surface area (Å²) in [5.41, 5.74) is 1.92. The van der Waals surface area contributed by atoms with Gasteiger partial charge in [0.2, 0.25) is 0 Å². The van der Waals surface area contributed by atoms with Gasteiger partial charge in [-0.25, -0.2) is 0 Å². The SMILES string of the molecule is CCCNC(C)c1ccc2c(c1)NC(=O)CO2. The van der Waals surface area contributed by atoms with Crippen LogP contribution in [0.5, 0.6) is 5.75 Å². The molecule has 0 radical (unpaired) electrons. The number of carbonyl (C=O) groups excluding carboxylic acids is 1. The van der Waals surface area contributed by atoms with Crippen LogP contribution in [-0.4, -0.2) is 19.1 Å². The highest BCUT2D eigenvalue weighted by molar-refractivity contribution is 5.95. The molecule has 1 amide bonds. The fraction of sp³-hybridized carbons (Fsp3) is 0.462. The standard InChI is InChI=1S/C13H18N2O2/c1-3-6-14-9(2)10-4-5-12-11(7-10)15-13(16)8-17-12/h4-5,7,9,14H,3,6,8H2,1-2H3,(H,15,16). The number of benzene rings is 1. The average molecular weight is 234 g/mol. The second-order valence-corrected chi connectivity index (χ2v) is 4.27. The first-order chi connectivity index (χ1) is 8.20. The molecule has 0 fully saturated rings. The first-order valence-electron chi connectivity index (χ1n) is 6.00. The van der Waals surface area contributed by atoms with Crippen molar-refractivity contribution in [1.29, 1.82) is 0 Å². The number of hydrogen-bond acceptors (Lipinski definition) is 3. The molecule has 0 saturated heterocycles. The van der Waals surface area contributed by atoms with Gasteiger partial charge in [-0.2, -0.15) is 0 Å². The van der Waals surface area contributed by atoms with Crippen LogP contribution in [0, 0.1) is 0 Å². The van der Waals surface area contributed by atoms with Gasteiger partial charge in [0.1, 0.15) is 5.75 Å². The number of nitrogens with one attached hydrogen (secondary N) is 2. The van der Waals surface area contributed by atoms with Crippen molar-refractivity contribution in [3.63, 3.8) is 0 Å². The first kappa shape index (κ1) is 11.9. The third-order valence-corrected chi connectivity index (χ3v) is 2.84. The fourth-order valence-corrected chi connectivity index (χ4v) is 1.85. The molecule has 0 saturated carbocycles. The summed E-state index contributed by atoms with van der Waals surface area (Å²) in [4.78, 5) is 11.2. The van der Waals surface area contributed by atoms with E-state index in [0.717, 1.165) is 30.0 Å². The fourth-order valence-electron chi connectivity index (χ4n) is 1.85. The predicted octanol–water partition coefficient (Wildman–Crippen LogP) is 2.08. The van der Waals surface area contributed by atoms with E-state index in [4.69, 9.17) is 4.74 Å². The van der Waals surface area contributed by atoms with Gasteiger partial charge >= 0.3 is 0 Å². The van der Waals surface area contributed by atoms with Crippen molar-refractivity contribution in [1.82, 2.24) is 5.32 Å². The molecule has 0 aliphatic carbocycles. The largest absolute Gasteiger partial charge is 0.482 e. The lowest BCUT2D eigenvalue weighted by Crippen LogP contribution is -2.26. The average Bonchev–Trinajstić information content (AvgIpc) is 2.35. The third-order valence-electron chi connectivity index (χ3n) is 2.84. The number of ether oxygens (including phenoxy) is 1. The summed E-state index contributed by atoms with van der Waals surface area (Å²) in [5.74, 6) is 0.653. The summed E-state index contributed by atoms with van der Waals surface area (Å²) in [6.45, 7) is 5.35. The van der Waals surface area contributed by atoms with Crippen molar-refractivity contribution in [2.24, 2.45) is 0 Å². The van der Waals surface area contributed by atoms with Gasteiger partial charge in [0.15, 0.2) is 6.61 Å². The molecule has 1 atom stereocenters. The molecule has 1 aliphatic heterocycles. The van der Waals surface area contributed by atoms with Crippen molar-refractivity contribution >= 4 is 11.6 Å². The summed E-state index contributed by atoms with van der Waals surface area (Å²) >= 11 is 0. The summed E-state index contributed by atoms with van der Waals surface area (Å²) in [5, 5.41) is 6.23. The van der Waals surface area contributed by atoms with Gasteiger partial charge < -0.3 is 15.4 Å². The van der Waals surface area contributed by atoms with Crippen molar-refractivity contribution in [2.75, 3.05) is 18.5 Å². The van der Waals surface area contributed by atoms with Crippen LogP contribution in [0.15, 0.2) is 18.2 Å². The van der Waals surface area contributed by atoms with Gasteiger partial charge in [0.05, 0.1) is 5.69 Å². The second kappa shape index (κ2) is 5.19. The van der Waals surface area contributed by atoms with E-state index in [1.165, 1.54) is 0 Å². The number of hydrogen-bond donors (Lipinski definition) is 2. The van der Waals surface area contributed by atoms with Gasteiger partial charge in [-0.15, -0.1) is 0 Å². The van der Waals surface area contributed by atoms with E-state index in [1.54, 1.807) is 0 Å². The van der Waals surface area contributed by atoms with E-state index in [9.17, 15) is 4.79 Å². The Morgan fingerprint density at radius 2 is 2.35 bits per heavy atom. The maximum atomic E-state index is 11.2. The van der Waals surface area contributed by atoms with Crippen molar-refractivity contribution in [3.8, 4) is 5.75 Å². The normalized spacial score (nSPS) is 15.8. The topological polar surface area (TPSA) is 50.4 Å². The smallest absolute Gasteiger partial charge is 0.262 e. The van der Waals surface area contributed by atoms with Crippen molar-refractivity contribution in [2.45, 2.75) is 26.3 Å². The molecule has 0 bridgehead atoms. The predicted molar refractivity (Wildman–Crippen MR) is 67.3 cm³/mol. The Balaban J connectivity index is 2.14. The monoisotopic (exact) mass is 234 g/mol. The molecule has 2 N–H and O–H groups in total. The summed E-state index contributed by atoms with van der Waals surface area (Å²) < 4.78 is 5.32. The molecule has 1 unspecified atom stereocenters. The van der Waals surface area contributed by atoms with Gasteiger partial charge in [0.25, 0.3) is 5.91 Å². The highest BCUT2D eigenvalue weighted by Crippen LogP contribution is 2.30. The summed E-state index contributed by atoms with van der Waals surface area (Å²) in [6, 6.07) is 6.19. The molecule has 17 heavy (non-hydrogen) atoms. The Morgan fingerprint density at radius 3 is 3.12 bits per heavy atom. The Kier molecular flexibility index (Phi) is 3.64. The lowest BCUT2D eigenvalue weighted by Gasteiger charge is -2.20. The minimum absolute atomic E-state index is 0.0937. The van der Waals surface area contributed by atoms with E-state index < -0.39 is 0 Å². The molecule has 4 heteroatoms. The molecule has 1 aliphatic rings. The van der Waals surface area contributed by atoms with Gasteiger partial charge in [-0.05, 0) is 37.6 Å². The van der Waals surface area contributed by atoms with Crippen LogP contribution < -0.4 is 15.4 Å². The molecule has 0 spiro atoms. The number of amides is 1. The zero-order valence-corrected chi connectivity index (χ0v) is 10.2. The molecular formula is C13H18N2O2. The van der Waals surface area contributed by atoms with E-state index in [0.29, 0.717) is 0 Å². The van der Waals surface area contributed by atoms with Crippen molar-refractivity contribution < 1.29 is 9.53 Å². The molecule has 4 nitrogen and oxygen atoms in total. The van der Waals surface area contributed by atoms with Gasteiger partial charge in [-0.3, -0.25) is 4.79 Å². The second-order valence-electron chi connectivity index (χ2n) is 4.27. The van der Waals surface area contributed by atoms with Crippen LogP contribution in [0.2, 0.25) is 0 Å². The minimum Gasteiger partial charge on any atom is -0.482 e. The zero-order chi connectivity index (χ0) is 12.3. The number of anilines is 1. The van der Waals surface area contributed by atoms with Crippen LogP contribution >= 0.6 is 0 Å². The molecule has 2 rings (SSSR count). The number of rotatable bonds is 4. The molecule has 1 aromatic rings. The first-order valence-corrected chi connectivity index (χ1v) is 6.00.